The van der Waals surface area contributed by atoms with Crippen molar-refractivity contribution in [1.82, 2.24) is 4.90 Å². The van der Waals surface area contributed by atoms with E-state index in [0.29, 0.717) is 25.1 Å². The Hall–Kier alpha value is -0.750. The fourth-order valence-corrected chi connectivity index (χ4v) is 2.64. The molecule has 1 heterocycles. The normalized spacial score (nSPS) is 22.9. The maximum absolute atomic E-state index is 11.8. The van der Waals surface area contributed by atoms with Crippen LogP contribution in [0.3, 0.4) is 0 Å². The second kappa shape index (κ2) is 6.10. The van der Waals surface area contributed by atoms with Crippen molar-refractivity contribution in [3.05, 3.63) is 0 Å². The van der Waals surface area contributed by atoms with E-state index in [1.54, 1.807) is 11.8 Å². The molecule has 3 N–H and O–H groups in total. The van der Waals surface area contributed by atoms with E-state index in [0.717, 1.165) is 5.75 Å². The summed E-state index contributed by atoms with van der Waals surface area (Å²) in [5, 5.41) is 9.00. The van der Waals surface area contributed by atoms with E-state index in [-0.39, 0.29) is 11.9 Å². The van der Waals surface area contributed by atoms with Crippen molar-refractivity contribution in [2.75, 3.05) is 18.1 Å². The van der Waals surface area contributed by atoms with Gasteiger partial charge in [0, 0.05) is 30.5 Å². The predicted molar refractivity (Wildman–Crippen MR) is 63.3 cm³/mol. The number of carboxylic acids is 1. The molecular weight excluding hydrogens is 228 g/mol. The van der Waals surface area contributed by atoms with Crippen molar-refractivity contribution in [1.29, 1.82) is 0 Å². The van der Waals surface area contributed by atoms with Gasteiger partial charge in [-0.2, -0.15) is 11.8 Å². The number of thioether (sulfide) groups is 1. The zero-order valence-electron chi connectivity index (χ0n) is 9.39. The predicted octanol–water partition coefficient (Wildman–Crippen LogP) is 0.142. The minimum absolute atomic E-state index is 0.0219. The van der Waals surface area contributed by atoms with Crippen LogP contribution in [-0.4, -0.2) is 52.0 Å². The molecule has 1 saturated heterocycles. The molecule has 1 aliphatic heterocycles. The van der Waals surface area contributed by atoms with Crippen molar-refractivity contribution in [2.24, 2.45) is 5.73 Å². The third-order valence-corrected chi connectivity index (χ3v) is 3.57. The molecule has 92 valence electrons. The molecule has 1 aliphatic rings. The molecule has 0 aromatic heterocycles. The van der Waals surface area contributed by atoms with Crippen LogP contribution in [0.2, 0.25) is 0 Å². The number of amides is 1. The van der Waals surface area contributed by atoms with Crippen LogP contribution in [-0.2, 0) is 9.59 Å². The van der Waals surface area contributed by atoms with Gasteiger partial charge in [0.1, 0.15) is 6.04 Å². The zero-order valence-corrected chi connectivity index (χ0v) is 10.2. The van der Waals surface area contributed by atoms with E-state index in [2.05, 4.69) is 0 Å². The summed E-state index contributed by atoms with van der Waals surface area (Å²) in [5.41, 5.74) is 5.57. The molecule has 0 bridgehead atoms. The maximum atomic E-state index is 11.8. The van der Waals surface area contributed by atoms with Crippen LogP contribution in [0, 0.1) is 0 Å². The average Bonchev–Trinajstić information content (AvgIpc) is 2.25. The van der Waals surface area contributed by atoms with Gasteiger partial charge in [-0.05, 0) is 13.3 Å². The smallest absolute Gasteiger partial charge is 0.327 e. The molecule has 0 aromatic carbocycles. The SMILES string of the molecule is CC(N)CCC(=O)N1CCSCC1C(=O)O. The standard InChI is InChI=1S/C10H18N2O3S/c1-7(11)2-3-9(13)12-4-5-16-6-8(12)10(14)15/h7-8H,2-6,11H2,1H3,(H,14,15). The second-order valence-corrected chi connectivity index (χ2v) is 5.18. The number of carboxylic acid groups (broad SMARTS) is 1. The van der Waals surface area contributed by atoms with E-state index in [1.165, 1.54) is 4.90 Å². The first-order valence-corrected chi connectivity index (χ1v) is 6.53. The number of carbonyl (C=O) groups excluding carboxylic acids is 1. The Balaban J connectivity index is 2.54. The van der Waals surface area contributed by atoms with Gasteiger partial charge >= 0.3 is 5.97 Å². The molecule has 0 aromatic rings. The minimum atomic E-state index is -0.915. The van der Waals surface area contributed by atoms with Crippen molar-refractivity contribution in [3.8, 4) is 0 Å². The minimum Gasteiger partial charge on any atom is -0.480 e. The molecular formula is C10H18N2O3S. The van der Waals surface area contributed by atoms with Crippen molar-refractivity contribution < 1.29 is 14.7 Å². The van der Waals surface area contributed by atoms with Crippen LogP contribution < -0.4 is 5.73 Å². The third-order valence-electron chi connectivity index (χ3n) is 2.55. The molecule has 0 saturated carbocycles. The highest BCUT2D eigenvalue weighted by molar-refractivity contribution is 7.99. The van der Waals surface area contributed by atoms with Crippen molar-refractivity contribution in [3.63, 3.8) is 0 Å². The Labute approximate surface area is 99.4 Å². The zero-order chi connectivity index (χ0) is 12.1. The summed E-state index contributed by atoms with van der Waals surface area (Å²) in [6.45, 7) is 2.37. The quantitative estimate of drug-likeness (QED) is 0.737. The first kappa shape index (κ1) is 13.3. The summed E-state index contributed by atoms with van der Waals surface area (Å²) < 4.78 is 0. The van der Waals surface area contributed by atoms with E-state index in [1.807, 2.05) is 6.92 Å². The molecule has 5 nitrogen and oxygen atoms in total. The summed E-state index contributed by atoms with van der Waals surface area (Å²) in [4.78, 5) is 24.3. The van der Waals surface area contributed by atoms with Gasteiger partial charge in [-0.1, -0.05) is 0 Å². The van der Waals surface area contributed by atoms with Crippen LogP contribution in [0.4, 0.5) is 0 Å². The Kier molecular flexibility index (Phi) is 5.08. The number of carbonyl (C=O) groups is 2. The van der Waals surface area contributed by atoms with E-state index in [4.69, 9.17) is 10.8 Å². The Morgan fingerprint density at radius 2 is 2.31 bits per heavy atom. The monoisotopic (exact) mass is 246 g/mol. The fourth-order valence-electron chi connectivity index (χ4n) is 1.60. The number of nitrogens with two attached hydrogens (primary N) is 1. The first-order chi connectivity index (χ1) is 7.52. The van der Waals surface area contributed by atoms with Crippen molar-refractivity contribution >= 4 is 23.6 Å². The molecule has 1 rings (SSSR count). The lowest BCUT2D eigenvalue weighted by Crippen LogP contribution is -2.50. The average molecular weight is 246 g/mol. The van der Waals surface area contributed by atoms with Gasteiger partial charge in [0.15, 0.2) is 0 Å². The van der Waals surface area contributed by atoms with Gasteiger partial charge in [-0.15, -0.1) is 0 Å². The van der Waals surface area contributed by atoms with Crippen LogP contribution in [0.5, 0.6) is 0 Å². The maximum Gasteiger partial charge on any atom is 0.327 e. The molecule has 0 spiro atoms. The highest BCUT2D eigenvalue weighted by atomic mass is 32.2. The number of hydrogen-bond acceptors (Lipinski definition) is 4. The lowest BCUT2D eigenvalue weighted by molar-refractivity contribution is -0.149. The molecule has 2 atom stereocenters. The van der Waals surface area contributed by atoms with Crippen molar-refractivity contribution in [2.45, 2.75) is 31.8 Å². The van der Waals surface area contributed by atoms with Crippen LogP contribution in [0.1, 0.15) is 19.8 Å². The van der Waals surface area contributed by atoms with Gasteiger partial charge in [0.2, 0.25) is 5.91 Å². The number of hydrogen-bond donors (Lipinski definition) is 2. The Morgan fingerprint density at radius 1 is 1.62 bits per heavy atom. The molecule has 0 aliphatic carbocycles. The molecule has 1 fully saturated rings. The molecule has 2 unspecified atom stereocenters. The highest BCUT2D eigenvalue weighted by Gasteiger charge is 2.31. The topological polar surface area (TPSA) is 83.6 Å². The van der Waals surface area contributed by atoms with Gasteiger partial charge in [-0.3, -0.25) is 4.79 Å². The van der Waals surface area contributed by atoms with E-state index < -0.39 is 12.0 Å². The van der Waals surface area contributed by atoms with Gasteiger partial charge in [-0.25, -0.2) is 4.79 Å². The number of rotatable bonds is 4. The summed E-state index contributed by atoms with van der Waals surface area (Å²) in [7, 11) is 0. The lowest BCUT2D eigenvalue weighted by Gasteiger charge is -2.32. The Bertz CT molecular complexity index is 271. The number of nitrogens with zero attached hydrogens (tertiary/aromatic N) is 1. The molecule has 6 heteroatoms. The van der Waals surface area contributed by atoms with Crippen LogP contribution >= 0.6 is 11.8 Å². The van der Waals surface area contributed by atoms with Gasteiger partial charge in [0.25, 0.3) is 0 Å². The van der Waals surface area contributed by atoms with Crippen LogP contribution in [0.25, 0.3) is 0 Å². The lowest BCUT2D eigenvalue weighted by atomic mass is 10.1. The molecule has 1 amide bonds. The first-order valence-electron chi connectivity index (χ1n) is 5.38. The largest absolute Gasteiger partial charge is 0.480 e. The Morgan fingerprint density at radius 3 is 2.88 bits per heavy atom. The molecule has 0 radical (unpaired) electrons. The number of aliphatic carboxylic acids is 1. The van der Waals surface area contributed by atoms with Gasteiger partial charge < -0.3 is 15.7 Å². The third kappa shape index (κ3) is 3.68. The van der Waals surface area contributed by atoms with E-state index in [9.17, 15) is 9.59 Å². The fraction of sp³-hybridized carbons (Fsp3) is 0.800. The van der Waals surface area contributed by atoms with Crippen LogP contribution in [0.15, 0.2) is 0 Å². The highest BCUT2D eigenvalue weighted by Crippen LogP contribution is 2.18. The van der Waals surface area contributed by atoms with Gasteiger partial charge in [0.05, 0.1) is 0 Å². The summed E-state index contributed by atoms with van der Waals surface area (Å²) in [5.74, 6) is 0.291. The van der Waals surface area contributed by atoms with E-state index >= 15 is 0 Å². The summed E-state index contributed by atoms with van der Waals surface area (Å²) in [6, 6.07) is -0.689. The summed E-state index contributed by atoms with van der Waals surface area (Å²) >= 11 is 1.58. The molecule has 16 heavy (non-hydrogen) atoms. The second-order valence-electron chi connectivity index (χ2n) is 4.03. The summed E-state index contributed by atoms with van der Waals surface area (Å²) in [6.07, 6.45) is 0.945.